The van der Waals surface area contributed by atoms with Gasteiger partial charge in [0.2, 0.25) is 0 Å². The standard InChI is InChI=1S/C11H13NO2/c1-9-4-2-3-5-11(9)13-7-10-6-12-8-14-10/h2-5,8,10H,6-7H2,1H3. The van der Waals surface area contributed by atoms with Crippen molar-refractivity contribution in [1.29, 1.82) is 0 Å². The Morgan fingerprint density at radius 3 is 3.07 bits per heavy atom. The summed E-state index contributed by atoms with van der Waals surface area (Å²) in [6.07, 6.45) is 1.57. The lowest BCUT2D eigenvalue weighted by Crippen LogP contribution is -2.20. The van der Waals surface area contributed by atoms with E-state index in [1.54, 1.807) is 0 Å². The summed E-state index contributed by atoms with van der Waals surface area (Å²) in [6.45, 7) is 3.29. The van der Waals surface area contributed by atoms with Crippen molar-refractivity contribution in [3.8, 4) is 5.75 Å². The molecule has 1 aromatic rings. The van der Waals surface area contributed by atoms with E-state index in [1.165, 1.54) is 6.40 Å². The number of para-hydroxylation sites is 1. The van der Waals surface area contributed by atoms with Crippen molar-refractivity contribution < 1.29 is 9.47 Å². The molecule has 0 radical (unpaired) electrons. The van der Waals surface area contributed by atoms with E-state index < -0.39 is 0 Å². The van der Waals surface area contributed by atoms with Gasteiger partial charge < -0.3 is 9.47 Å². The van der Waals surface area contributed by atoms with Crippen LogP contribution >= 0.6 is 0 Å². The first-order chi connectivity index (χ1) is 6.86. The van der Waals surface area contributed by atoms with Crippen LogP contribution in [0.2, 0.25) is 0 Å². The lowest BCUT2D eigenvalue weighted by Gasteiger charge is -2.12. The van der Waals surface area contributed by atoms with Gasteiger partial charge in [-0.05, 0) is 18.6 Å². The Labute approximate surface area is 83.4 Å². The zero-order chi connectivity index (χ0) is 9.80. The Morgan fingerprint density at radius 2 is 2.36 bits per heavy atom. The molecule has 3 heteroatoms. The highest BCUT2D eigenvalue weighted by molar-refractivity contribution is 5.48. The van der Waals surface area contributed by atoms with Gasteiger partial charge in [0.15, 0.2) is 12.5 Å². The summed E-state index contributed by atoms with van der Waals surface area (Å²) >= 11 is 0. The number of hydrogen-bond donors (Lipinski definition) is 0. The molecule has 0 amide bonds. The fraction of sp³-hybridized carbons (Fsp3) is 0.364. The summed E-state index contributed by atoms with van der Waals surface area (Å²) in [5.41, 5.74) is 1.14. The van der Waals surface area contributed by atoms with E-state index in [4.69, 9.17) is 9.47 Å². The predicted molar refractivity (Wildman–Crippen MR) is 54.9 cm³/mol. The van der Waals surface area contributed by atoms with Crippen molar-refractivity contribution in [3.63, 3.8) is 0 Å². The van der Waals surface area contributed by atoms with E-state index >= 15 is 0 Å². The van der Waals surface area contributed by atoms with Crippen LogP contribution in [-0.2, 0) is 4.74 Å². The van der Waals surface area contributed by atoms with Gasteiger partial charge in [0.1, 0.15) is 12.4 Å². The molecule has 14 heavy (non-hydrogen) atoms. The molecular formula is C11H13NO2. The second kappa shape index (κ2) is 4.13. The van der Waals surface area contributed by atoms with Gasteiger partial charge in [-0.1, -0.05) is 18.2 Å². The number of rotatable bonds is 3. The number of aryl methyl sites for hydroxylation is 1. The molecule has 1 aromatic carbocycles. The average Bonchev–Trinajstić information content (AvgIpc) is 2.69. The first-order valence-electron chi connectivity index (χ1n) is 4.68. The molecule has 0 N–H and O–H groups in total. The van der Waals surface area contributed by atoms with Crippen molar-refractivity contribution in [3.05, 3.63) is 29.8 Å². The van der Waals surface area contributed by atoms with Crippen LogP contribution in [0, 0.1) is 6.92 Å². The van der Waals surface area contributed by atoms with Gasteiger partial charge in [0.05, 0.1) is 6.54 Å². The van der Waals surface area contributed by atoms with E-state index in [1.807, 2.05) is 31.2 Å². The molecule has 0 bridgehead atoms. The third-order valence-corrected chi connectivity index (χ3v) is 2.16. The molecule has 74 valence electrons. The van der Waals surface area contributed by atoms with Crippen LogP contribution in [0.3, 0.4) is 0 Å². The van der Waals surface area contributed by atoms with E-state index in [0.717, 1.165) is 11.3 Å². The van der Waals surface area contributed by atoms with Crippen LogP contribution in [0.4, 0.5) is 0 Å². The third-order valence-electron chi connectivity index (χ3n) is 2.16. The van der Waals surface area contributed by atoms with Gasteiger partial charge in [-0.2, -0.15) is 0 Å². The molecule has 0 spiro atoms. The zero-order valence-corrected chi connectivity index (χ0v) is 8.14. The van der Waals surface area contributed by atoms with Crippen LogP contribution in [0.5, 0.6) is 5.75 Å². The maximum atomic E-state index is 5.62. The first-order valence-corrected chi connectivity index (χ1v) is 4.68. The molecule has 0 aliphatic carbocycles. The van der Waals surface area contributed by atoms with Crippen molar-refractivity contribution >= 4 is 6.40 Å². The Kier molecular flexibility index (Phi) is 2.68. The quantitative estimate of drug-likeness (QED) is 0.729. The first kappa shape index (κ1) is 9.06. The van der Waals surface area contributed by atoms with Crippen LogP contribution in [0.15, 0.2) is 29.3 Å². The van der Waals surface area contributed by atoms with Gasteiger partial charge in [0.25, 0.3) is 0 Å². The second-order valence-corrected chi connectivity index (χ2v) is 3.31. The number of aliphatic imine (C=N–C) groups is 1. The SMILES string of the molecule is Cc1ccccc1OCC1CN=CO1. The molecule has 1 heterocycles. The molecule has 1 atom stereocenters. The highest BCUT2D eigenvalue weighted by atomic mass is 16.5. The van der Waals surface area contributed by atoms with Gasteiger partial charge >= 0.3 is 0 Å². The van der Waals surface area contributed by atoms with Crippen molar-refractivity contribution in [2.24, 2.45) is 4.99 Å². The van der Waals surface area contributed by atoms with Crippen LogP contribution in [-0.4, -0.2) is 25.7 Å². The van der Waals surface area contributed by atoms with Crippen molar-refractivity contribution in [1.82, 2.24) is 0 Å². The number of nitrogens with zero attached hydrogens (tertiary/aromatic N) is 1. The summed E-state index contributed by atoms with van der Waals surface area (Å²) < 4.78 is 10.8. The van der Waals surface area contributed by atoms with Crippen LogP contribution < -0.4 is 4.74 Å². The van der Waals surface area contributed by atoms with E-state index in [9.17, 15) is 0 Å². The summed E-state index contributed by atoms with van der Waals surface area (Å²) in [4.78, 5) is 3.97. The topological polar surface area (TPSA) is 30.8 Å². The Hall–Kier alpha value is -1.51. The summed E-state index contributed by atoms with van der Waals surface area (Å²) in [6, 6.07) is 7.96. The number of ether oxygens (including phenoxy) is 2. The Balaban J connectivity index is 1.88. The summed E-state index contributed by atoms with van der Waals surface area (Å²) in [5.74, 6) is 0.919. The summed E-state index contributed by atoms with van der Waals surface area (Å²) in [5, 5.41) is 0. The minimum absolute atomic E-state index is 0.0783. The number of hydrogen-bond acceptors (Lipinski definition) is 3. The maximum absolute atomic E-state index is 5.62. The molecular weight excluding hydrogens is 178 g/mol. The second-order valence-electron chi connectivity index (χ2n) is 3.31. The van der Waals surface area contributed by atoms with E-state index in [-0.39, 0.29) is 6.10 Å². The lowest BCUT2D eigenvalue weighted by atomic mass is 10.2. The van der Waals surface area contributed by atoms with E-state index in [0.29, 0.717) is 13.2 Å². The molecule has 1 unspecified atom stereocenters. The maximum Gasteiger partial charge on any atom is 0.170 e. The highest BCUT2D eigenvalue weighted by Crippen LogP contribution is 2.16. The van der Waals surface area contributed by atoms with Crippen molar-refractivity contribution in [2.75, 3.05) is 13.2 Å². The normalized spacial score (nSPS) is 19.4. The molecule has 0 fully saturated rings. The van der Waals surface area contributed by atoms with Crippen LogP contribution in [0.1, 0.15) is 5.56 Å². The fourth-order valence-electron chi connectivity index (χ4n) is 1.33. The lowest BCUT2D eigenvalue weighted by molar-refractivity contribution is 0.148. The minimum Gasteiger partial charge on any atom is -0.489 e. The monoisotopic (exact) mass is 191 g/mol. The smallest absolute Gasteiger partial charge is 0.170 e. The highest BCUT2D eigenvalue weighted by Gasteiger charge is 2.13. The number of benzene rings is 1. The van der Waals surface area contributed by atoms with Gasteiger partial charge in [-0.25, -0.2) is 0 Å². The molecule has 1 aliphatic rings. The zero-order valence-electron chi connectivity index (χ0n) is 8.14. The average molecular weight is 191 g/mol. The van der Waals surface area contributed by atoms with Gasteiger partial charge in [-0.15, -0.1) is 0 Å². The third kappa shape index (κ3) is 2.05. The fourth-order valence-corrected chi connectivity index (χ4v) is 1.33. The molecule has 3 nitrogen and oxygen atoms in total. The van der Waals surface area contributed by atoms with Gasteiger partial charge in [-0.3, -0.25) is 4.99 Å². The Morgan fingerprint density at radius 1 is 1.50 bits per heavy atom. The van der Waals surface area contributed by atoms with Crippen LogP contribution in [0.25, 0.3) is 0 Å². The minimum atomic E-state index is 0.0783. The van der Waals surface area contributed by atoms with Crippen molar-refractivity contribution in [2.45, 2.75) is 13.0 Å². The predicted octanol–water partition coefficient (Wildman–Crippen LogP) is 1.80. The molecule has 0 saturated heterocycles. The van der Waals surface area contributed by atoms with E-state index in [2.05, 4.69) is 4.99 Å². The Bertz CT molecular complexity index is 328. The molecule has 1 aliphatic heterocycles. The largest absolute Gasteiger partial charge is 0.489 e. The summed E-state index contributed by atoms with van der Waals surface area (Å²) in [7, 11) is 0. The molecule has 2 rings (SSSR count). The molecule has 0 saturated carbocycles. The molecule has 0 aromatic heterocycles. The van der Waals surface area contributed by atoms with Gasteiger partial charge in [0, 0.05) is 0 Å².